The molecule has 3 fully saturated rings. The van der Waals surface area contributed by atoms with Crippen molar-refractivity contribution in [1.82, 2.24) is 19.7 Å². The van der Waals surface area contributed by atoms with Gasteiger partial charge >= 0.3 is 0 Å². The molecule has 158 valence electrons. The average Bonchev–Trinajstić information content (AvgIpc) is 3.47. The van der Waals surface area contributed by atoms with Gasteiger partial charge in [0, 0.05) is 45.5 Å². The van der Waals surface area contributed by atoms with Crippen LogP contribution in [0.3, 0.4) is 0 Å². The van der Waals surface area contributed by atoms with E-state index in [9.17, 15) is 22.8 Å². The summed E-state index contributed by atoms with van der Waals surface area (Å²) in [6.07, 6.45) is 3.96. The van der Waals surface area contributed by atoms with Gasteiger partial charge in [-0.2, -0.15) is 0 Å². The zero-order valence-electron chi connectivity index (χ0n) is 16.3. The van der Waals surface area contributed by atoms with Gasteiger partial charge in [-0.1, -0.05) is 0 Å². The molecule has 0 saturated carbocycles. The highest BCUT2D eigenvalue weighted by molar-refractivity contribution is 7.91. The number of carbonyl (C=O) groups excluding carboxylic acids is 3. The van der Waals surface area contributed by atoms with Crippen LogP contribution < -0.4 is 0 Å². The van der Waals surface area contributed by atoms with Crippen molar-refractivity contribution in [3.8, 4) is 0 Å². The number of aromatic nitrogens is 1. The van der Waals surface area contributed by atoms with Gasteiger partial charge in [0.15, 0.2) is 9.84 Å². The minimum atomic E-state index is -3.10. The maximum absolute atomic E-state index is 12.8. The van der Waals surface area contributed by atoms with Gasteiger partial charge in [-0.05, 0) is 25.3 Å². The van der Waals surface area contributed by atoms with E-state index in [2.05, 4.69) is 4.98 Å². The first-order chi connectivity index (χ1) is 13.8. The minimum absolute atomic E-state index is 0.0673. The quantitative estimate of drug-likeness (QED) is 0.735. The fourth-order valence-corrected chi connectivity index (χ4v) is 6.02. The number of carbonyl (C=O) groups is 3. The SMILES string of the molecule is O=C(c1c[nH]c(C(=O)N2CCCC2)c1)N1CCN(C(=O)[C@H]2CCS(=O)(=O)C2)CC1. The third-order valence-corrected chi connectivity index (χ3v) is 7.78. The molecule has 4 heterocycles. The number of hydrogen-bond donors (Lipinski definition) is 1. The predicted octanol–water partition coefficient (Wildman–Crippen LogP) is -0.0302. The molecular formula is C19H26N4O5S. The topological polar surface area (TPSA) is 111 Å². The van der Waals surface area contributed by atoms with Crippen molar-refractivity contribution in [2.45, 2.75) is 19.3 Å². The van der Waals surface area contributed by atoms with E-state index in [1.54, 1.807) is 27.0 Å². The fraction of sp³-hybridized carbons (Fsp3) is 0.632. The maximum atomic E-state index is 12.8. The highest BCUT2D eigenvalue weighted by Gasteiger charge is 2.36. The molecule has 1 aromatic heterocycles. The van der Waals surface area contributed by atoms with E-state index in [1.165, 1.54) is 0 Å². The molecule has 29 heavy (non-hydrogen) atoms. The fourth-order valence-electron chi connectivity index (χ4n) is 4.29. The Balaban J connectivity index is 1.32. The molecule has 1 atom stereocenters. The lowest BCUT2D eigenvalue weighted by atomic mass is 10.1. The molecule has 9 nitrogen and oxygen atoms in total. The van der Waals surface area contributed by atoms with Crippen LogP contribution in [-0.4, -0.2) is 96.6 Å². The van der Waals surface area contributed by atoms with E-state index < -0.39 is 15.8 Å². The van der Waals surface area contributed by atoms with Crippen molar-refractivity contribution in [2.75, 3.05) is 50.8 Å². The van der Waals surface area contributed by atoms with Crippen LogP contribution >= 0.6 is 0 Å². The number of nitrogens with one attached hydrogen (secondary N) is 1. The normalized spacial score (nSPS) is 24.1. The van der Waals surface area contributed by atoms with Gasteiger partial charge in [0.1, 0.15) is 5.69 Å². The molecule has 4 rings (SSSR count). The molecule has 3 aliphatic rings. The summed E-state index contributed by atoms with van der Waals surface area (Å²) in [5, 5.41) is 0. The summed E-state index contributed by atoms with van der Waals surface area (Å²) in [6, 6.07) is 1.60. The van der Waals surface area contributed by atoms with E-state index in [4.69, 9.17) is 0 Å². The first-order valence-corrected chi connectivity index (χ1v) is 11.9. The van der Waals surface area contributed by atoms with E-state index in [-0.39, 0.29) is 29.2 Å². The van der Waals surface area contributed by atoms with Gasteiger partial charge in [-0.15, -0.1) is 0 Å². The number of H-pyrrole nitrogens is 1. The third-order valence-electron chi connectivity index (χ3n) is 6.01. The van der Waals surface area contributed by atoms with Crippen molar-refractivity contribution in [3.63, 3.8) is 0 Å². The number of likely N-dealkylation sites (tertiary alicyclic amines) is 1. The Morgan fingerprint density at radius 1 is 0.897 bits per heavy atom. The lowest BCUT2D eigenvalue weighted by Gasteiger charge is -2.35. The van der Waals surface area contributed by atoms with Crippen LogP contribution in [0, 0.1) is 5.92 Å². The molecule has 10 heteroatoms. The van der Waals surface area contributed by atoms with Gasteiger partial charge in [-0.25, -0.2) is 8.42 Å². The van der Waals surface area contributed by atoms with Crippen molar-refractivity contribution in [2.24, 2.45) is 5.92 Å². The minimum Gasteiger partial charge on any atom is -0.356 e. The largest absolute Gasteiger partial charge is 0.356 e. The number of aromatic amines is 1. The average molecular weight is 423 g/mol. The van der Waals surface area contributed by atoms with Gasteiger partial charge in [0.05, 0.1) is 23.0 Å². The van der Waals surface area contributed by atoms with E-state index in [1.807, 2.05) is 0 Å². The van der Waals surface area contributed by atoms with Crippen LogP contribution in [0.4, 0.5) is 0 Å². The van der Waals surface area contributed by atoms with Crippen LogP contribution in [0.15, 0.2) is 12.3 Å². The van der Waals surface area contributed by atoms with E-state index in [0.717, 1.165) is 25.9 Å². The van der Waals surface area contributed by atoms with Gasteiger partial charge in [0.25, 0.3) is 11.8 Å². The highest BCUT2D eigenvalue weighted by Crippen LogP contribution is 2.22. The Bertz CT molecular complexity index is 911. The molecule has 0 unspecified atom stereocenters. The summed E-state index contributed by atoms with van der Waals surface area (Å²) in [4.78, 5) is 45.8. The molecule has 0 aromatic carbocycles. The first kappa shape index (κ1) is 19.9. The highest BCUT2D eigenvalue weighted by atomic mass is 32.2. The molecule has 1 aromatic rings. The van der Waals surface area contributed by atoms with Crippen LogP contribution in [0.5, 0.6) is 0 Å². The number of rotatable bonds is 3. The molecule has 0 radical (unpaired) electrons. The van der Waals surface area contributed by atoms with E-state index >= 15 is 0 Å². The number of nitrogens with zero attached hydrogens (tertiary/aromatic N) is 3. The maximum Gasteiger partial charge on any atom is 0.270 e. The lowest BCUT2D eigenvalue weighted by molar-refractivity contribution is -0.136. The lowest BCUT2D eigenvalue weighted by Crippen LogP contribution is -2.52. The molecular weight excluding hydrogens is 396 g/mol. The van der Waals surface area contributed by atoms with Gasteiger partial charge in [-0.3, -0.25) is 14.4 Å². The van der Waals surface area contributed by atoms with Gasteiger partial charge in [0.2, 0.25) is 5.91 Å². The Hall–Kier alpha value is -2.36. The summed E-state index contributed by atoms with van der Waals surface area (Å²) in [6.45, 7) is 3.07. The third kappa shape index (κ3) is 4.17. The second-order valence-electron chi connectivity index (χ2n) is 8.02. The van der Waals surface area contributed by atoms with Crippen molar-refractivity contribution < 1.29 is 22.8 Å². The second-order valence-corrected chi connectivity index (χ2v) is 10.2. The van der Waals surface area contributed by atoms with Crippen LogP contribution in [-0.2, 0) is 14.6 Å². The zero-order chi connectivity index (χ0) is 20.6. The number of amides is 3. The van der Waals surface area contributed by atoms with Crippen molar-refractivity contribution in [3.05, 3.63) is 23.5 Å². The van der Waals surface area contributed by atoms with Crippen LogP contribution in [0.2, 0.25) is 0 Å². The predicted molar refractivity (Wildman–Crippen MR) is 105 cm³/mol. The summed E-state index contributed by atoms with van der Waals surface area (Å²) in [5.41, 5.74) is 0.862. The number of piperazine rings is 1. The monoisotopic (exact) mass is 422 g/mol. The molecule has 3 aliphatic heterocycles. The van der Waals surface area contributed by atoms with Crippen molar-refractivity contribution >= 4 is 27.6 Å². The summed E-state index contributed by atoms with van der Waals surface area (Å²) < 4.78 is 23.2. The molecule has 3 amide bonds. The Morgan fingerprint density at radius 3 is 2.14 bits per heavy atom. The number of sulfone groups is 1. The summed E-state index contributed by atoms with van der Waals surface area (Å²) in [5.74, 6) is -0.819. The molecule has 3 saturated heterocycles. The smallest absolute Gasteiger partial charge is 0.270 e. The zero-order valence-corrected chi connectivity index (χ0v) is 17.1. The van der Waals surface area contributed by atoms with Gasteiger partial charge < -0.3 is 19.7 Å². The molecule has 0 spiro atoms. The Morgan fingerprint density at radius 2 is 1.52 bits per heavy atom. The Kier molecular flexibility index (Phi) is 5.37. The molecule has 0 aliphatic carbocycles. The van der Waals surface area contributed by atoms with Crippen LogP contribution in [0.25, 0.3) is 0 Å². The molecule has 0 bridgehead atoms. The van der Waals surface area contributed by atoms with Crippen LogP contribution in [0.1, 0.15) is 40.1 Å². The second kappa shape index (κ2) is 7.81. The first-order valence-electron chi connectivity index (χ1n) is 10.1. The van der Waals surface area contributed by atoms with Crippen molar-refractivity contribution in [1.29, 1.82) is 0 Å². The summed E-state index contributed by atoms with van der Waals surface area (Å²) >= 11 is 0. The Labute approximate surface area is 169 Å². The standard InChI is InChI=1S/C19H26N4O5S/c24-17(14-3-10-29(27,28)13-14)22-6-8-23(9-7-22)18(25)15-11-16(20-12-15)19(26)21-4-1-2-5-21/h11-12,14,20H,1-10,13H2/t14-/m0/s1. The summed E-state index contributed by atoms with van der Waals surface area (Å²) in [7, 11) is -3.10. The molecule has 1 N–H and O–H groups in total. The number of hydrogen-bond acceptors (Lipinski definition) is 5. The van der Waals surface area contributed by atoms with E-state index in [0.29, 0.717) is 43.9 Å².